The summed E-state index contributed by atoms with van der Waals surface area (Å²) in [6.45, 7) is 1.92. The second-order valence-electron chi connectivity index (χ2n) is 4.51. The zero-order valence-electron chi connectivity index (χ0n) is 10.5. The van der Waals surface area contributed by atoms with E-state index in [1.165, 1.54) is 0 Å². The van der Waals surface area contributed by atoms with Gasteiger partial charge in [0.2, 0.25) is 0 Å². The van der Waals surface area contributed by atoms with Gasteiger partial charge in [-0.2, -0.15) is 0 Å². The Hall–Kier alpha value is -2.55. The lowest BCUT2D eigenvalue weighted by atomic mass is 10.00. The van der Waals surface area contributed by atoms with Crippen molar-refractivity contribution in [3.8, 4) is 22.8 Å². The normalized spacial score (nSPS) is 10.8. The van der Waals surface area contributed by atoms with E-state index in [2.05, 4.69) is 4.98 Å². The van der Waals surface area contributed by atoms with Gasteiger partial charge in [-0.15, -0.1) is 0 Å². The maximum absolute atomic E-state index is 10.2. The number of pyridine rings is 1. The second kappa shape index (κ2) is 4.28. The number of nitrogens with zero attached hydrogens (tertiary/aromatic N) is 1. The van der Waals surface area contributed by atoms with Crippen LogP contribution < -0.4 is 0 Å². The Bertz CT molecular complexity index is 766. The predicted molar refractivity (Wildman–Crippen MR) is 75.2 cm³/mol. The number of hydrogen-bond donors (Lipinski definition) is 2. The standard InChI is InChI=1S/C16H13NO2/c1-10-5-4-8-17-14(10)13-9-11-6-2-3-7-12(11)15(18)16(13)19/h2-9,18-19H,1H3. The van der Waals surface area contributed by atoms with Crippen LogP contribution in [0, 0.1) is 6.92 Å². The smallest absolute Gasteiger partial charge is 0.167 e. The molecule has 0 spiro atoms. The van der Waals surface area contributed by atoms with Gasteiger partial charge in [-0.25, -0.2) is 0 Å². The molecule has 0 amide bonds. The Labute approximate surface area is 110 Å². The van der Waals surface area contributed by atoms with Crippen LogP contribution in [0.1, 0.15) is 5.56 Å². The minimum Gasteiger partial charge on any atom is -0.504 e. The van der Waals surface area contributed by atoms with Gasteiger partial charge >= 0.3 is 0 Å². The number of phenolic OH excluding ortho intramolecular Hbond substituents is 2. The molecule has 3 nitrogen and oxygen atoms in total. The molecule has 0 aliphatic carbocycles. The minimum absolute atomic E-state index is 0.0989. The van der Waals surface area contributed by atoms with Gasteiger partial charge in [-0.1, -0.05) is 30.3 Å². The number of aromatic nitrogens is 1. The van der Waals surface area contributed by atoms with Crippen molar-refractivity contribution in [1.82, 2.24) is 4.98 Å². The summed E-state index contributed by atoms with van der Waals surface area (Å²) in [5.74, 6) is -0.223. The highest BCUT2D eigenvalue weighted by Gasteiger charge is 2.15. The van der Waals surface area contributed by atoms with E-state index in [0.717, 1.165) is 10.9 Å². The first-order valence-electron chi connectivity index (χ1n) is 6.04. The second-order valence-corrected chi connectivity index (χ2v) is 4.51. The van der Waals surface area contributed by atoms with Crippen molar-refractivity contribution in [1.29, 1.82) is 0 Å². The van der Waals surface area contributed by atoms with Crippen molar-refractivity contribution in [2.45, 2.75) is 6.92 Å². The van der Waals surface area contributed by atoms with Crippen LogP contribution in [0.3, 0.4) is 0 Å². The maximum atomic E-state index is 10.2. The number of hydrogen-bond acceptors (Lipinski definition) is 3. The van der Waals surface area contributed by atoms with E-state index in [-0.39, 0.29) is 11.5 Å². The Morgan fingerprint density at radius 2 is 1.74 bits per heavy atom. The van der Waals surface area contributed by atoms with Crippen LogP contribution in [0.15, 0.2) is 48.7 Å². The third-order valence-corrected chi connectivity index (χ3v) is 3.26. The topological polar surface area (TPSA) is 53.4 Å². The molecule has 2 aromatic carbocycles. The molecule has 0 saturated heterocycles. The Balaban J connectivity index is 2.37. The molecule has 2 N–H and O–H groups in total. The number of benzene rings is 2. The maximum Gasteiger partial charge on any atom is 0.167 e. The van der Waals surface area contributed by atoms with Crippen LogP contribution in [0.5, 0.6) is 11.5 Å². The molecule has 0 aliphatic heterocycles. The van der Waals surface area contributed by atoms with Crippen LogP contribution >= 0.6 is 0 Å². The van der Waals surface area contributed by atoms with Gasteiger partial charge in [0.1, 0.15) is 0 Å². The zero-order chi connectivity index (χ0) is 13.4. The fraction of sp³-hybridized carbons (Fsp3) is 0.0625. The summed E-state index contributed by atoms with van der Waals surface area (Å²) in [5, 5.41) is 21.8. The van der Waals surface area contributed by atoms with Gasteiger partial charge < -0.3 is 10.2 Å². The first-order valence-corrected chi connectivity index (χ1v) is 6.04. The largest absolute Gasteiger partial charge is 0.504 e. The molecular weight excluding hydrogens is 238 g/mol. The van der Waals surface area contributed by atoms with E-state index in [1.807, 2.05) is 43.3 Å². The highest BCUT2D eigenvalue weighted by molar-refractivity contribution is 5.96. The van der Waals surface area contributed by atoms with E-state index in [9.17, 15) is 10.2 Å². The van der Waals surface area contributed by atoms with E-state index in [0.29, 0.717) is 16.6 Å². The van der Waals surface area contributed by atoms with Crippen molar-refractivity contribution in [3.05, 3.63) is 54.2 Å². The number of fused-ring (bicyclic) bond motifs is 1. The minimum atomic E-state index is -0.125. The predicted octanol–water partition coefficient (Wildman–Crippen LogP) is 3.62. The highest BCUT2D eigenvalue weighted by Crippen LogP contribution is 2.42. The summed E-state index contributed by atoms with van der Waals surface area (Å²) >= 11 is 0. The third kappa shape index (κ3) is 1.80. The Morgan fingerprint density at radius 1 is 0.947 bits per heavy atom. The van der Waals surface area contributed by atoms with Gasteiger partial charge in [0.05, 0.1) is 5.69 Å². The van der Waals surface area contributed by atoms with Gasteiger partial charge in [-0.05, 0) is 30.0 Å². The summed E-state index contributed by atoms with van der Waals surface area (Å²) < 4.78 is 0. The quantitative estimate of drug-likeness (QED) is 0.649. The molecule has 0 bridgehead atoms. The van der Waals surface area contributed by atoms with Crippen LogP contribution in [0.2, 0.25) is 0 Å². The van der Waals surface area contributed by atoms with Crippen LogP contribution in [0.4, 0.5) is 0 Å². The van der Waals surface area contributed by atoms with Crippen molar-refractivity contribution in [2.24, 2.45) is 0 Å². The summed E-state index contributed by atoms with van der Waals surface area (Å²) in [4.78, 5) is 4.29. The molecule has 0 atom stereocenters. The molecular formula is C16H13NO2. The summed E-state index contributed by atoms with van der Waals surface area (Å²) in [7, 11) is 0. The lowest BCUT2D eigenvalue weighted by Crippen LogP contribution is -1.89. The van der Waals surface area contributed by atoms with Gasteiger partial charge in [0, 0.05) is 17.1 Å². The van der Waals surface area contributed by atoms with Crippen LogP contribution in [-0.4, -0.2) is 15.2 Å². The average Bonchev–Trinajstić information content (AvgIpc) is 2.44. The lowest BCUT2D eigenvalue weighted by molar-refractivity contribution is 0.409. The van der Waals surface area contributed by atoms with Crippen molar-refractivity contribution < 1.29 is 10.2 Å². The zero-order valence-corrected chi connectivity index (χ0v) is 10.5. The highest BCUT2D eigenvalue weighted by atomic mass is 16.3. The first-order chi connectivity index (χ1) is 9.18. The van der Waals surface area contributed by atoms with Crippen molar-refractivity contribution in [3.63, 3.8) is 0 Å². The fourth-order valence-corrected chi connectivity index (χ4v) is 2.27. The monoisotopic (exact) mass is 251 g/mol. The molecule has 0 unspecified atom stereocenters. The molecule has 3 aromatic rings. The molecule has 3 heteroatoms. The number of phenols is 2. The van der Waals surface area contributed by atoms with Gasteiger partial charge in [0.25, 0.3) is 0 Å². The van der Waals surface area contributed by atoms with Crippen LogP contribution in [-0.2, 0) is 0 Å². The molecule has 19 heavy (non-hydrogen) atoms. The van der Waals surface area contributed by atoms with E-state index < -0.39 is 0 Å². The van der Waals surface area contributed by atoms with E-state index in [1.54, 1.807) is 12.3 Å². The number of aryl methyl sites for hydroxylation is 1. The van der Waals surface area contributed by atoms with E-state index in [4.69, 9.17) is 0 Å². The molecule has 0 aliphatic rings. The van der Waals surface area contributed by atoms with Crippen molar-refractivity contribution in [2.75, 3.05) is 0 Å². The molecule has 3 rings (SSSR count). The van der Waals surface area contributed by atoms with E-state index >= 15 is 0 Å². The first kappa shape index (κ1) is 11.5. The SMILES string of the molecule is Cc1cccnc1-c1cc2ccccc2c(O)c1O. The average molecular weight is 251 g/mol. The molecule has 0 fully saturated rings. The fourth-order valence-electron chi connectivity index (χ4n) is 2.27. The lowest BCUT2D eigenvalue weighted by Gasteiger charge is -2.11. The summed E-state index contributed by atoms with van der Waals surface area (Å²) in [5.41, 5.74) is 2.18. The van der Waals surface area contributed by atoms with Gasteiger partial charge in [-0.3, -0.25) is 4.98 Å². The third-order valence-electron chi connectivity index (χ3n) is 3.26. The molecule has 94 valence electrons. The van der Waals surface area contributed by atoms with Crippen molar-refractivity contribution >= 4 is 10.8 Å². The van der Waals surface area contributed by atoms with Crippen LogP contribution in [0.25, 0.3) is 22.0 Å². The number of aromatic hydroxyl groups is 2. The Kier molecular flexibility index (Phi) is 2.60. The molecule has 0 saturated carbocycles. The van der Waals surface area contributed by atoms with Gasteiger partial charge in [0.15, 0.2) is 11.5 Å². The summed E-state index contributed by atoms with van der Waals surface area (Å²) in [6.07, 6.45) is 1.67. The molecule has 0 radical (unpaired) electrons. The summed E-state index contributed by atoms with van der Waals surface area (Å²) in [6, 6.07) is 13.0. The Morgan fingerprint density at radius 3 is 2.53 bits per heavy atom. The number of rotatable bonds is 1. The molecule has 1 aromatic heterocycles. The molecule has 1 heterocycles.